The van der Waals surface area contributed by atoms with E-state index in [4.69, 9.17) is 16.3 Å². The van der Waals surface area contributed by atoms with Crippen LogP contribution < -0.4 is 0 Å². The summed E-state index contributed by atoms with van der Waals surface area (Å²) in [5.74, 6) is 0.724. The molecule has 1 heterocycles. The van der Waals surface area contributed by atoms with E-state index in [-0.39, 0.29) is 5.78 Å². The second-order valence-corrected chi connectivity index (χ2v) is 5.86. The molecule has 2 nitrogen and oxygen atoms in total. The van der Waals surface area contributed by atoms with Gasteiger partial charge in [0.25, 0.3) is 0 Å². The van der Waals surface area contributed by atoms with Crippen molar-refractivity contribution in [1.29, 1.82) is 0 Å². The van der Waals surface area contributed by atoms with Gasteiger partial charge in [-0.25, -0.2) is 0 Å². The Morgan fingerprint density at radius 3 is 2.88 bits per heavy atom. The van der Waals surface area contributed by atoms with E-state index in [1.54, 1.807) is 6.07 Å². The quantitative estimate of drug-likeness (QED) is 0.751. The first-order valence-electron chi connectivity index (χ1n) is 5.59. The lowest BCUT2D eigenvalue weighted by atomic mass is 9.79. The van der Waals surface area contributed by atoms with Crippen LogP contribution in [0.5, 0.6) is 0 Å². The molecule has 1 fully saturated rings. The number of halogens is 1. The van der Waals surface area contributed by atoms with Crippen LogP contribution in [0.2, 0.25) is 4.34 Å². The van der Waals surface area contributed by atoms with Gasteiger partial charge in [-0.2, -0.15) is 0 Å². The van der Waals surface area contributed by atoms with Gasteiger partial charge < -0.3 is 4.74 Å². The summed E-state index contributed by atoms with van der Waals surface area (Å²) in [4.78, 5) is 12.6. The molecule has 0 bridgehead atoms. The third-order valence-corrected chi connectivity index (χ3v) is 4.19. The minimum Gasteiger partial charge on any atom is -0.378 e. The summed E-state index contributed by atoms with van der Waals surface area (Å²) < 4.78 is 6.15. The fourth-order valence-corrected chi connectivity index (χ4v) is 3.03. The Balaban J connectivity index is 1.77. The van der Waals surface area contributed by atoms with Crippen molar-refractivity contribution >= 4 is 28.7 Å². The van der Waals surface area contributed by atoms with E-state index in [1.165, 1.54) is 11.3 Å². The van der Waals surface area contributed by atoms with Crippen LogP contribution in [-0.4, -0.2) is 18.5 Å². The number of rotatable bonds is 5. The lowest BCUT2D eigenvalue weighted by molar-refractivity contribution is -0.0245. The average molecular weight is 259 g/mol. The third-order valence-electron chi connectivity index (χ3n) is 2.92. The maximum absolute atomic E-state index is 11.8. The molecule has 1 aliphatic rings. The highest BCUT2D eigenvalue weighted by atomic mass is 35.5. The molecule has 0 radical (unpaired) electrons. The zero-order chi connectivity index (χ0) is 11.5. The first-order valence-corrected chi connectivity index (χ1v) is 6.78. The normalized spacial score (nSPS) is 24.1. The summed E-state index contributed by atoms with van der Waals surface area (Å²) in [7, 11) is 0. The number of hydrogen-bond acceptors (Lipinski definition) is 3. The molecular formula is C12H15ClO2S. The molecule has 0 N–H and O–H groups in total. The lowest BCUT2D eigenvalue weighted by Crippen LogP contribution is -2.32. The monoisotopic (exact) mass is 258 g/mol. The second kappa shape index (κ2) is 5.30. The Kier molecular flexibility index (Phi) is 4.00. The Bertz CT molecular complexity index is 369. The van der Waals surface area contributed by atoms with Crippen LogP contribution in [-0.2, 0) is 4.74 Å². The number of ketones is 1. The number of carbonyl (C=O) groups excluding carboxylic acids is 1. The minimum absolute atomic E-state index is 0.219. The number of ether oxygens (including phenoxy) is 1. The van der Waals surface area contributed by atoms with E-state index < -0.39 is 0 Å². The molecule has 0 amide bonds. The zero-order valence-corrected chi connectivity index (χ0v) is 10.8. The molecule has 0 aromatic carbocycles. The van der Waals surface area contributed by atoms with Crippen LogP contribution >= 0.6 is 22.9 Å². The van der Waals surface area contributed by atoms with Gasteiger partial charge >= 0.3 is 0 Å². The largest absolute Gasteiger partial charge is 0.378 e. The smallest absolute Gasteiger partial charge is 0.173 e. The van der Waals surface area contributed by atoms with Crippen LogP contribution in [0.3, 0.4) is 0 Å². The molecule has 0 unspecified atom stereocenters. The van der Waals surface area contributed by atoms with Crippen LogP contribution in [0.1, 0.15) is 35.9 Å². The van der Waals surface area contributed by atoms with Crippen LogP contribution in [0.15, 0.2) is 12.1 Å². The van der Waals surface area contributed by atoms with Gasteiger partial charge in [-0.05, 0) is 37.8 Å². The van der Waals surface area contributed by atoms with Gasteiger partial charge in [0.05, 0.1) is 15.3 Å². The van der Waals surface area contributed by atoms with Crippen molar-refractivity contribution in [2.24, 2.45) is 5.92 Å². The summed E-state index contributed by atoms with van der Waals surface area (Å²) in [6.07, 6.45) is 3.08. The predicted octanol–water partition coefficient (Wildman–Crippen LogP) is 3.79. The van der Waals surface area contributed by atoms with Crippen molar-refractivity contribution in [3.05, 3.63) is 21.3 Å². The van der Waals surface area contributed by atoms with Crippen molar-refractivity contribution in [2.75, 3.05) is 6.61 Å². The topological polar surface area (TPSA) is 26.3 Å². The van der Waals surface area contributed by atoms with Crippen molar-refractivity contribution in [3.8, 4) is 0 Å². The van der Waals surface area contributed by atoms with Gasteiger partial charge in [0, 0.05) is 13.0 Å². The Hall–Kier alpha value is -0.380. The summed E-state index contributed by atoms with van der Waals surface area (Å²) in [5.41, 5.74) is 0. The predicted molar refractivity (Wildman–Crippen MR) is 66.4 cm³/mol. The highest BCUT2D eigenvalue weighted by molar-refractivity contribution is 7.18. The summed E-state index contributed by atoms with van der Waals surface area (Å²) in [6.45, 7) is 2.78. The molecule has 88 valence electrons. The number of Topliss-reactive ketones (excluding diaryl/α,β-unsaturated/α-hetero) is 1. The molecule has 16 heavy (non-hydrogen) atoms. The molecule has 1 aromatic heterocycles. The summed E-state index contributed by atoms with van der Waals surface area (Å²) >= 11 is 7.17. The molecule has 4 heteroatoms. The first kappa shape index (κ1) is 12.1. The van der Waals surface area contributed by atoms with Crippen molar-refractivity contribution < 1.29 is 9.53 Å². The molecule has 1 aliphatic carbocycles. The fraction of sp³-hybridized carbons (Fsp3) is 0.583. The molecule has 0 aliphatic heterocycles. The van der Waals surface area contributed by atoms with E-state index in [1.807, 2.05) is 13.0 Å². The number of hydrogen-bond donors (Lipinski definition) is 0. The fourth-order valence-electron chi connectivity index (χ4n) is 2.04. The average Bonchev–Trinajstić information content (AvgIpc) is 2.61. The van der Waals surface area contributed by atoms with E-state index in [2.05, 4.69) is 0 Å². The first-order chi connectivity index (χ1) is 7.69. The summed E-state index contributed by atoms with van der Waals surface area (Å²) in [6, 6.07) is 3.59. The molecule has 2 rings (SSSR count). The van der Waals surface area contributed by atoms with Gasteiger partial charge in [-0.15, -0.1) is 11.3 Å². The van der Waals surface area contributed by atoms with Crippen LogP contribution in [0, 0.1) is 5.92 Å². The summed E-state index contributed by atoms with van der Waals surface area (Å²) in [5, 5.41) is 0. The number of thiophene rings is 1. The standard InChI is InChI=1S/C12H15ClO2S/c1-2-15-9-5-8(6-9)7-10(14)11-3-4-12(13)16-11/h3-4,8-9H,2,5-7H2,1H3. The minimum atomic E-state index is 0.219. The highest BCUT2D eigenvalue weighted by Crippen LogP contribution is 2.34. The molecule has 0 saturated heterocycles. The maximum atomic E-state index is 11.8. The molecule has 1 aromatic rings. The molecular weight excluding hydrogens is 244 g/mol. The van der Waals surface area contributed by atoms with Gasteiger partial charge in [0.1, 0.15) is 0 Å². The number of carbonyl (C=O) groups is 1. The van der Waals surface area contributed by atoms with Crippen LogP contribution in [0.25, 0.3) is 0 Å². The maximum Gasteiger partial charge on any atom is 0.173 e. The van der Waals surface area contributed by atoms with Crippen molar-refractivity contribution in [2.45, 2.75) is 32.3 Å². The second-order valence-electron chi connectivity index (χ2n) is 4.15. The van der Waals surface area contributed by atoms with Crippen LogP contribution in [0.4, 0.5) is 0 Å². The van der Waals surface area contributed by atoms with E-state index in [0.29, 0.717) is 22.8 Å². The highest BCUT2D eigenvalue weighted by Gasteiger charge is 2.31. The van der Waals surface area contributed by atoms with E-state index in [9.17, 15) is 4.79 Å². The zero-order valence-electron chi connectivity index (χ0n) is 9.24. The van der Waals surface area contributed by atoms with Gasteiger partial charge in [-0.1, -0.05) is 11.6 Å². The van der Waals surface area contributed by atoms with Gasteiger partial charge in [0.15, 0.2) is 5.78 Å². The Morgan fingerprint density at radius 1 is 1.56 bits per heavy atom. The van der Waals surface area contributed by atoms with Gasteiger partial charge in [-0.3, -0.25) is 4.79 Å². The van der Waals surface area contributed by atoms with E-state index >= 15 is 0 Å². The molecule has 1 saturated carbocycles. The van der Waals surface area contributed by atoms with Crippen molar-refractivity contribution in [3.63, 3.8) is 0 Å². The van der Waals surface area contributed by atoms with Crippen molar-refractivity contribution in [1.82, 2.24) is 0 Å². The van der Waals surface area contributed by atoms with E-state index in [0.717, 1.165) is 24.3 Å². The molecule has 0 spiro atoms. The lowest BCUT2D eigenvalue weighted by Gasteiger charge is -2.34. The Morgan fingerprint density at radius 2 is 2.31 bits per heavy atom. The van der Waals surface area contributed by atoms with Gasteiger partial charge in [0.2, 0.25) is 0 Å². The molecule has 0 atom stereocenters. The Labute approximate surface area is 105 Å². The third kappa shape index (κ3) is 2.84. The SMILES string of the molecule is CCOC1CC(CC(=O)c2ccc(Cl)s2)C1.